The van der Waals surface area contributed by atoms with Crippen LogP contribution in [0.2, 0.25) is 5.02 Å². The summed E-state index contributed by atoms with van der Waals surface area (Å²) < 4.78 is 11.2. The van der Waals surface area contributed by atoms with Crippen LogP contribution in [0, 0.1) is 0 Å². The van der Waals surface area contributed by atoms with Crippen LogP contribution in [0.5, 0.6) is 0 Å². The van der Waals surface area contributed by atoms with Gasteiger partial charge in [0.25, 0.3) is 0 Å². The first-order valence-electron chi connectivity index (χ1n) is 13.9. The van der Waals surface area contributed by atoms with Gasteiger partial charge in [-0.15, -0.1) is 0 Å². The second-order valence-corrected chi connectivity index (χ2v) is 10.5. The van der Waals surface area contributed by atoms with Crippen LogP contribution in [0.25, 0.3) is 0 Å². The molecular formula is C32H38ClN3O4. The van der Waals surface area contributed by atoms with E-state index in [0.29, 0.717) is 6.54 Å². The normalized spacial score (nSPS) is 17.7. The van der Waals surface area contributed by atoms with Crippen LogP contribution in [0.4, 0.5) is 4.79 Å². The molecule has 3 N–H and O–H groups in total. The Morgan fingerprint density at radius 2 is 1.52 bits per heavy atom. The smallest absolute Gasteiger partial charge is 0.407 e. The Morgan fingerprint density at radius 1 is 0.925 bits per heavy atom. The topological polar surface area (TPSA) is 88.7 Å². The Kier molecular flexibility index (Phi) is 11.4. The van der Waals surface area contributed by atoms with Gasteiger partial charge < -0.3 is 25.4 Å². The number of methoxy groups -OCH3 is 1. The van der Waals surface area contributed by atoms with Crippen LogP contribution in [0.3, 0.4) is 0 Å². The third-order valence-electron chi connectivity index (χ3n) is 7.19. The molecule has 0 aliphatic carbocycles. The Bertz CT molecular complexity index is 1150. The van der Waals surface area contributed by atoms with Gasteiger partial charge in [0.2, 0.25) is 5.91 Å². The van der Waals surface area contributed by atoms with E-state index in [9.17, 15) is 9.59 Å². The zero-order valence-corrected chi connectivity index (χ0v) is 23.6. The summed E-state index contributed by atoms with van der Waals surface area (Å²) in [6.07, 6.45) is 3.04. The molecule has 0 saturated carbocycles. The van der Waals surface area contributed by atoms with E-state index in [4.69, 9.17) is 21.1 Å². The second-order valence-electron chi connectivity index (χ2n) is 10.0. The zero-order valence-electron chi connectivity index (χ0n) is 22.9. The van der Waals surface area contributed by atoms with E-state index >= 15 is 0 Å². The number of benzene rings is 3. The number of amides is 2. The van der Waals surface area contributed by atoms with Crippen molar-refractivity contribution >= 4 is 23.6 Å². The van der Waals surface area contributed by atoms with Crippen molar-refractivity contribution in [3.05, 3.63) is 107 Å². The van der Waals surface area contributed by atoms with Crippen molar-refractivity contribution in [1.82, 2.24) is 16.0 Å². The molecule has 1 saturated heterocycles. The fourth-order valence-corrected chi connectivity index (χ4v) is 5.25. The van der Waals surface area contributed by atoms with E-state index < -0.39 is 12.1 Å². The number of morpholine rings is 1. The first kappa shape index (κ1) is 29.6. The maximum atomic E-state index is 13.5. The average molecular weight is 564 g/mol. The molecule has 1 heterocycles. The molecule has 1 aliphatic rings. The van der Waals surface area contributed by atoms with Crippen molar-refractivity contribution in [2.24, 2.45) is 0 Å². The highest BCUT2D eigenvalue weighted by Gasteiger charge is 2.32. The highest BCUT2D eigenvalue weighted by atomic mass is 35.5. The van der Waals surface area contributed by atoms with Gasteiger partial charge in [0, 0.05) is 30.6 Å². The number of alkyl carbamates (subject to hydrolysis) is 1. The number of carbonyl (C=O) groups excluding carboxylic acids is 2. The summed E-state index contributed by atoms with van der Waals surface area (Å²) >= 11 is 5.99. The predicted octanol–water partition coefficient (Wildman–Crippen LogP) is 5.08. The number of carbonyl (C=O) groups is 2. The molecule has 3 aromatic carbocycles. The first-order valence-corrected chi connectivity index (χ1v) is 14.2. The molecule has 0 bridgehead atoms. The molecule has 1 fully saturated rings. The minimum absolute atomic E-state index is 0.0891. The average Bonchev–Trinajstić information content (AvgIpc) is 3.00. The molecule has 212 valence electrons. The minimum atomic E-state index is -0.845. The fourth-order valence-electron chi connectivity index (χ4n) is 5.13. The number of halogens is 1. The van der Waals surface area contributed by atoms with E-state index in [-0.39, 0.29) is 24.0 Å². The largest absolute Gasteiger partial charge is 0.453 e. The van der Waals surface area contributed by atoms with Gasteiger partial charge in [0.1, 0.15) is 6.04 Å². The van der Waals surface area contributed by atoms with Gasteiger partial charge in [0.15, 0.2) is 0 Å². The number of aryl methyl sites for hydroxylation is 1. The number of nitrogens with one attached hydrogen (secondary N) is 3. The van der Waals surface area contributed by atoms with E-state index in [2.05, 4.69) is 28.1 Å². The second kappa shape index (κ2) is 15.4. The lowest BCUT2D eigenvalue weighted by Gasteiger charge is -2.31. The highest BCUT2D eigenvalue weighted by molar-refractivity contribution is 6.30. The summed E-state index contributed by atoms with van der Waals surface area (Å²) in [6, 6.07) is 26.5. The standard InChI is InChI=1S/C32H38ClN3O4/c1-39-32(38)36-30(29(24-9-4-2-5-10-24)25-11-6-3-7-12-25)31(37)35-20-8-13-27-21-34-22-28(40-27)19-16-23-14-17-26(33)18-15-23/h2-7,9-12,14-15,17-18,27-30,34H,8,13,16,19-22H2,1H3,(H,35,37)(H,36,38)/t27?,28-,30?/m1/s1. The van der Waals surface area contributed by atoms with Crippen LogP contribution in [0.15, 0.2) is 84.9 Å². The Balaban J connectivity index is 1.32. The summed E-state index contributed by atoms with van der Waals surface area (Å²) in [5, 5.41) is 10.0. The molecule has 1 aliphatic heterocycles. The van der Waals surface area contributed by atoms with E-state index in [1.807, 2.05) is 72.8 Å². The van der Waals surface area contributed by atoms with E-state index in [0.717, 1.165) is 54.9 Å². The van der Waals surface area contributed by atoms with Gasteiger partial charge in [-0.05, 0) is 54.5 Å². The molecule has 2 amide bonds. The van der Waals surface area contributed by atoms with Gasteiger partial charge in [-0.1, -0.05) is 84.4 Å². The minimum Gasteiger partial charge on any atom is -0.453 e. The summed E-state index contributed by atoms with van der Waals surface area (Å²) in [6.45, 7) is 2.11. The predicted molar refractivity (Wildman–Crippen MR) is 158 cm³/mol. The van der Waals surface area contributed by atoms with Gasteiger partial charge in [-0.2, -0.15) is 0 Å². The number of hydrogen-bond donors (Lipinski definition) is 3. The van der Waals surface area contributed by atoms with Crippen molar-refractivity contribution in [3.63, 3.8) is 0 Å². The van der Waals surface area contributed by atoms with Crippen LogP contribution >= 0.6 is 11.6 Å². The summed E-state index contributed by atoms with van der Waals surface area (Å²) in [7, 11) is 1.30. The van der Waals surface area contributed by atoms with Crippen LogP contribution in [0.1, 0.15) is 41.9 Å². The lowest BCUT2D eigenvalue weighted by Crippen LogP contribution is -2.50. The Hall–Kier alpha value is -3.39. The third kappa shape index (κ3) is 8.81. The first-order chi connectivity index (χ1) is 19.5. The summed E-state index contributed by atoms with van der Waals surface area (Å²) in [5.41, 5.74) is 3.10. The summed E-state index contributed by atoms with van der Waals surface area (Å²) in [5.74, 6) is -0.639. The van der Waals surface area contributed by atoms with Crippen molar-refractivity contribution in [1.29, 1.82) is 0 Å². The third-order valence-corrected chi connectivity index (χ3v) is 7.44. The quantitative estimate of drug-likeness (QED) is 0.267. The maximum absolute atomic E-state index is 13.5. The number of rotatable bonds is 12. The fraction of sp³-hybridized carbons (Fsp3) is 0.375. The molecule has 40 heavy (non-hydrogen) atoms. The molecule has 8 heteroatoms. The van der Waals surface area contributed by atoms with Crippen molar-refractivity contribution in [2.45, 2.75) is 49.9 Å². The van der Waals surface area contributed by atoms with Crippen molar-refractivity contribution in [3.8, 4) is 0 Å². The molecule has 4 rings (SSSR count). The van der Waals surface area contributed by atoms with Crippen LogP contribution in [-0.2, 0) is 20.7 Å². The lowest BCUT2D eigenvalue weighted by molar-refractivity contribution is -0.123. The molecule has 0 radical (unpaired) electrons. The SMILES string of the molecule is COC(=O)NC(C(=O)NCCCC1CNC[C@@H](CCc2ccc(Cl)cc2)O1)C(c1ccccc1)c1ccccc1. The number of ether oxygens (including phenoxy) is 2. The van der Waals surface area contributed by atoms with Crippen molar-refractivity contribution < 1.29 is 19.1 Å². The Labute approximate surface area is 241 Å². The molecule has 0 spiro atoms. The summed E-state index contributed by atoms with van der Waals surface area (Å²) in [4.78, 5) is 25.8. The monoisotopic (exact) mass is 563 g/mol. The molecule has 2 unspecified atom stereocenters. The van der Waals surface area contributed by atoms with Gasteiger partial charge in [-0.25, -0.2) is 4.79 Å². The molecule has 0 aromatic heterocycles. The van der Waals surface area contributed by atoms with Gasteiger partial charge in [-0.3, -0.25) is 4.79 Å². The van der Waals surface area contributed by atoms with Crippen LogP contribution in [-0.4, -0.2) is 57.0 Å². The maximum Gasteiger partial charge on any atom is 0.407 e. The molecule has 3 atom stereocenters. The van der Waals surface area contributed by atoms with Crippen LogP contribution < -0.4 is 16.0 Å². The van der Waals surface area contributed by atoms with Gasteiger partial charge in [0.05, 0.1) is 19.3 Å². The Morgan fingerprint density at radius 3 is 2.12 bits per heavy atom. The zero-order chi connectivity index (χ0) is 28.2. The molecule has 7 nitrogen and oxygen atoms in total. The molecular weight excluding hydrogens is 526 g/mol. The molecule has 3 aromatic rings. The van der Waals surface area contributed by atoms with E-state index in [1.54, 1.807) is 0 Å². The highest BCUT2D eigenvalue weighted by Crippen LogP contribution is 2.28. The van der Waals surface area contributed by atoms with E-state index in [1.165, 1.54) is 12.7 Å². The lowest BCUT2D eigenvalue weighted by atomic mass is 9.84. The van der Waals surface area contributed by atoms with Gasteiger partial charge >= 0.3 is 6.09 Å². The number of hydrogen-bond acceptors (Lipinski definition) is 5. The van der Waals surface area contributed by atoms with Crippen molar-refractivity contribution in [2.75, 3.05) is 26.7 Å².